The number of hydrogen-bond acceptors (Lipinski definition) is 5. The standard InChI is InChI=1S/C18H20FN3O4S2/c1-25-15-6-7-16(21-18(27)20-14-4-2-13(19)3-5-14)17(12-15)28(23,24)22-8-10-26-11-9-22/h2-7,12H,8-11H2,1H3,(H2,20,21,27). The molecular formula is C18H20FN3O4S2. The molecule has 1 saturated heterocycles. The number of morpholine rings is 1. The van der Waals surface area contributed by atoms with Gasteiger partial charge in [-0.15, -0.1) is 0 Å². The number of sulfonamides is 1. The number of rotatable bonds is 5. The molecule has 0 unspecified atom stereocenters. The minimum Gasteiger partial charge on any atom is -0.497 e. The Balaban J connectivity index is 1.86. The lowest BCUT2D eigenvalue weighted by Gasteiger charge is -2.27. The quantitative estimate of drug-likeness (QED) is 0.713. The smallest absolute Gasteiger partial charge is 0.245 e. The van der Waals surface area contributed by atoms with Crippen molar-refractivity contribution >= 4 is 38.7 Å². The maximum Gasteiger partial charge on any atom is 0.245 e. The zero-order chi connectivity index (χ0) is 20.1. The van der Waals surface area contributed by atoms with Gasteiger partial charge in [-0.25, -0.2) is 12.8 Å². The molecule has 2 aromatic rings. The van der Waals surface area contributed by atoms with Crippen molar-refractivity contribution in [3.63, 3.8) is 0 Å². The maximum absolute atomic E-state index is 13.1. The van der Waals surface area contributed by atoms with E-state index in [1.807, 2.05) is 0 Å². The zero-order valence-corrected chi connectivity index (χ0v) is 16.8. The summed E-state index contributed by atoms with van der Waals surface area (Å²) in [6, 6.07) is 10.3. The number of benzene rings is 2. The molecule has 1 heterocycles. The molecule has 0 aromatic heterocycles. The van der Waals surface area contributed by atoms with Crippen molar-refractivity contribution < 1.29 is 22.3 Å². The fourth-order valence-corrected chi connectivity index (χ4v) is 4.49. The molecule has 150 valence electrons. The molecule has 0 bridgehead atoms. The Kier molecular flexibility index (Phi) is 6.45. The summed E-state index contributed by atoms with van der Waals surface area (Å²) in [6.45, 7) is 1.24. The molecule has 1 fully saturated rings. The normalized spacial score (nSPS) is 15.1. The monoisotopic (exact) mass is 425 g/mol. The van der Waals surface area contributed by atoms with Crippen LogP contribution in [0.1, 0.15) is 0 Å². The van der Waals surface area contributed by atoms with Gasteiger partial charge in [-0.05, 0) is 48.6 Å². The number of nitrogens with one attached hydrogen (secondary N) is 2. The van der Waals surface area contributed by atoms with Crippen molar-refractivity contribution in [2.45, 2.75) is 4.90 Å². The molecule has 0 aliphatic carbocycles. The lowest BCUT2D eigenvalue weighted by Crippen LogP contribution is -2.41. The topological polar surface area (TPSA) is 79.9 Å². The first-order valence-corrected chi connectivity index (χ1v) is 10.3. The average Bonchev–Trinajstić information content (AvgIpc) is 2.70. The van der Waals surface area contributed by atoms with Crippen LogP contribution in [0.15, 0.2) is 47.4 Å². The highest BCUT2D eigenvalue weighted by Crippen LogP contribution is 2.29. The van der Waals surface area contributed by atoms with Crippen LogP contribution in [-0.4, -0.2) is 51.2 Å². The SMILES string of the molecule is COc1ccc(NC(=S)Nc2ccc(F)cc2)c(S(=O)(=O)N2CCOCC2)c1. The van der Waals surface area contributed by atoms with Gasteiger partial charge in [-0.2, -0.15) is 4.31 Å². The highest BCUT2D eigenvalue weighted by Gasteiger charge is 2.29. The predicted octanol–water partition coefficient (Wildman–Crippen LogP) is 2.66. The van der Waals surface area contributed by atoms with Crippen LogP contribution in [-0.2, 0) is 14.8 Å². The van der Waals surface area contributed by atoms with E-state index in [2.05, 4.69) is 10.6 Å². The van der Waals surface area contributed by atoms with Gasteiger partial charge in [0.05, 0.1) is 26.0 Å². The Morgan fingerprint density at radius 1 is 1.14 bits per heavy atom. The van der Waals surface area contributed by atoms with Gasteiger partial charge in [-0.1, -0.05) is 0 Å². The van der Waals surface area contributed by atoms with Gasteiger partial charge in [0.15, 0.2) is 5.11 Å². The van der Waals surface area contributed by atoms with E-state index in [9.17, 15) is 12.8 Å². The summed E-state index contributed by atoms with van der Waals surface area (Å²) < 4.78 is 51.1. The van der Waals surface area contributed by atoms with Crippen LogP contribution in [0.4, 0.5) is 15.8 Å². The van der Waals surface area contributed by atoms with E-state index < -0.39 is 10.0 Å². The molecule has 2 aromatic carbocycles. The van der Waals surface area contributed by atoms with Gasteiger partial charge in [0.2, 0.25) is 10.0 Å². The molecule has 0 spiro atoms. The Morgan fingerprint density at radius 3 is 2.46 bits per heavy atom. The number of ether oxygens (including phenoxy) is 2. The van der Waals surface area contributed by atoms with Gasteiger partial charge in [0.1, 0.15) is 16.5 Å². The van der Waals surface area contributed by atoms with Gasteiger partial charge < -0.3 is 20.1 Å². The van der Waals surface area contributed by atoms with Gasteiger partial charge in [0, 0.05) is 24.8 Å². The van der Waals surface area contributed by atoms with E-state index >= 15 is 0 Å². The molecule has 0 amide bonds. The van der Waals surface area contributed by atoms with Crippen LogP contribution >= 0.6 is 12.2 Å². The molecule has 1 aliphatic rings. The average molecular weight is 426 g/mol. The van der Waals surface area contributed by atoms with Crippen molar-refractivity contribution in [2.24, 2.45) is 0 Å². The number of hydrogen-bond donors (Lipinski definition) is 2. The van der Waals surface area contributed by atoms with E-state index in [1.54, 1.807) is 12.1 Å². The van der Waals surface area contributed by atoms with E-state index in [0.29, 0.717) is 30.3 Å². The van der Waals surface area contributed by atoms with E-state index in [0.717, 1.165) is 0 Å². The fraction of sp³-hybridized carbons (Fsp3) is 0.278. The van der Waals surface area contributed by atoms with Crippen molar-refractivity contribution in [1.82, 2.24) is 4.31 Å². The number of anilines is 2. The second-order valence-corrected chi connectivity index (χ2v) is 8.28. The largest absolute Gasteiger partial charge is 0.497 e. The van der Waals surface area contributed by atoms with Crippen molar-refractivity contribution in [3.8, 4) is 5.75 Å². The molecule has 0 saturated carbocycles. The lowest BCUT2D eigenvalue weighted by atomic mass is 10.3. The Labute approximate surface area is 168 Å². The summed E-state index contributed by atoms with van der Waals surface area (Å²) >= 11 is 5.28. The lowest BCUT2D eigenvalue weighted by molar-refractivity contribution is 0.0730. The molecule has 10 heteroatoms. The molecule has 0 atom stereocenters. The minimum absolute atomic E-state index is 0.0528. The summed E-state index contributed by atoms with van der Waals surface area (Å²) in [4.78, 5) is 0.0528. The fourth-order valence-electron chi connectivity index (χ4n) is 2.69. The van der Waals surface area contributed by atoms with Crippen molar-refractivity contribution in [1.29, 1.82) is 0 Å². The van der Waals surface area contributed by atoms with Crippen LogP contribution in [0.5, 0.6) is 5.75 Å². The Morgan fingerprint density at radius 2 is 1.82 bits per heavy atom. The highest BCUT2D eigenvalue weighted by atomic mass is 32.2. The van der Waals surface area contributed by atoms with Crippen molar-refractivity contribution in [3.05, 3.63) is 48.3 Å². The van der Waals surface area contributed by atoms with E-state index in [4.69, 9.17) is 21.7 Å². The van der Waals surface area contributed by atoms with Crippen LogP contribution in [0, 0.1) is 5.82 Å². The second-order valence-electron chi connectivity index (χ2n) is 5.96. The third kappa shape index (κ3) is 4.76. The molecule has 0 radical (unpaired) electrons. The molecule has 2 N–H and O–H groups in total. The number of nitrogens with zero attached hydrogens (tertiary/aromatic N) is 1. The summed E-state index contributed by atoms with van der Waals surface area (Å²) in [5, 5.41) is 5.98. The maximum atomic E-state index is 13.1. The summed E-state index contributed by atoms with van der Waals surface area (Å²) in [7, 11) is -2.31. The third-order valence-electron chi connectivity index (χ3n) is 4.13. The second kappa shape index (κ2) is 8.82. The number of methoxy groups -OCH3 is 1. The van der Waals surface area contributed by atoms with Crippen LogP contribution in [0.3, 0.4) is 0 Å². The zero-order valence-electron chi connectivity index (χ0n) is 15.1. The van der Waals surface area contributed by atoms with E-state index in [-0.39, 0.29) is 28.9 Å². The van der Waals surface area contributed by atoms with Crippen LogP contribution in [0.25, 0.3) is 0 Å². The first-order chi connectivity index (χ1) is 13.4. The molecular weight excluding hydrogens is 405 g/mol. The third-order valence-corrected chi connectivity index (χ3v) is 6.27. The summed E-state index contributed by atoms with van der Waals surface area (Å²) in [5.74, 6) is 0.0493. The first-order valence-electron chi connectivity index (χ1n) is 8.49. The minimum atomic E-state index is -3.78. The van der Waals surface area contributed by atoms with Crippen LogP contribution in [0.2, 0.25) is 0 Å². The van der Waals surface area contributed by atoms with Crippen LogP contribution < -0.4 is 15.4 Å². The highest BCUT2D eigenvalue weighted by molar-refractivity contribution is 7.89. The summed E-state index contributed by atoms with van der Waals surface area (Å²) in [6.07, 6.45) is 0. The predicted molar refractivity (Wildman–Crippen MR) is 109 cm³/mol. The Hall–Kier alpha value is -2.27. The number of halogens is 1. The number of thiocarbonyl (C=S) groups is 1. The van der Waals surface area contributed by atoms with Gasteiger partial charge in [0.25, 0.3) is 0 Å². The molecule has 28 heavy (non-hydrogen) atoms. The summed E-state index contributed by atoms with van der Waals surface area (Å²) in [5.41, 5.74) is 0.886. The molecule has 7 nitrogen and oxygen atoms in total. The van der Waals surface area contributed by atoms with Gasteiger partial charge >= 0.3 is 0 Å². The van der Waals surface area contributed by atoms with E-state index in [1.165, 1.54) is 41.7 Å². The first kappa shape index (κ1) is 20.5. The van der Waals surface area contributed by atoms with Gasteiger partial charge in [-0.3, -0.25) is 0 Å². The Bertz CT molecular complexity index is 946. The molecule has 1 aliphatic heterocycles. The van der Waals surface area contributed by atoms with Crippen molar-refractivity contribution in [2.75, 3.05) is 44.0 Å². The molecule has 3 rings (SSSR count).